The molecule has 0 saturated carbocycles. The Balaban J connectivity index is 1.71. The number of primary amides is 1. The molecule has 3 aromatic rings. The molecular formula is C18H17N3O2. The van der Waals surface area contributed by atoms with Gasteiger partial charge in [-0.05, 0) is 23.3 Å². The van der Waals surface area contributed by atoms with Crippen LogP contribution in [0.3, 0.4) is 0 Å². The van der Waals surface area contributed by atoms with Crippen LogP contribution in [-0.2, 0) is 11.3 Å². The van der Waals surface area contributed by atoms with Crippen molar-refractivity contribution in [1.82, 2.24) is 9.78 Å². The topological polar surface area (TPSA) is 70.1 Å². The fourth-order valence-electron chi connectivity index (χ4n) is 2.30. The van der Waals surface area contributed by atoms with E-state index in [9.17, 15) is 4.79 Å². The van der Waals surface area contributed by atoms with E-state index in [1.807, 2.05) is 53.5 Å². The van der Waals surface area contributed by atoms with Crippen LogP contribution in [0.1, 0.15) is 5.56 Å². The minimum Gasteiger partial charge on any atom is -0.484 e. The molecule has 1 aromatic heterocycles. The quantitative estimate of drug-likeness (QED) is 0.760. The maximum absolute atomic E-state index is 10.8. The second-order valence-electron chi connectivity index (χ2n) is 5.20. The van der Waals surface area contributed by atoms with Crippen LogP contribution in [-0.4, -0.2) is 22.3 Å². The summed E-state index contributed by atoms with van der Waals surface area (Å²) >= 11 is 0. The standard InChI is InChI=1S/C18H17N3O2/c19-18(22)13-23-17-8-4-5-14(9-17)11-21-12-16(10-20-21)15-6-2-1-3-7-15/h1-10,12H,11,13H2,(H2,19,22). The molecular weight excluding hydrogens is 290 g/mol. The molecule has 2 N–H and O–H groups in total. The molecule has 1 heterocycles. The number of carbonyl (C=O) groups is 1. The van der Waals surface area contributed by atoms with Crippen LogP contribution < -0.4 is 10.5 Å². The maximum atomic E-state index is 10.8. The summed E-state index contributed by atoms with van der Waals surface area (Å²) in [6.45, 7) is 0.504. The molecule has 0 aliphatic rings. The second kappa shape index (κ2) is 6.79. The van der Waals surface area contributed by atoms with Crippen molar-refractivity contribution in [2.75, 3.05) is 6.61 Å². The monoisotopic (exact) mass is 307 g/mol. The first-order valence-corrected chi connectivity index (χ1v) is 7.28. The van der Waals surface area contributed by atoms with E-state index in [0.29, 0.717) is 12.3 Å². The van der Waals surface area contributed by atoms with Crippen molar-refractivity contribution < 1.29 is 9.53 Å². The first-order chi connectivity index (χ1) is 11.2. The number of carbonyl (C=O) groups excluding carboxylic acids is 1. The highest BCUT2D eigenvalue weighted by Crippen LogP contribution is 2.19. The van der Waals surface area contributed by atoms with Crippen LogP contribution >= 0.6 is 0 Å². The predicted octanol–water partition coefficient (Wildman–Crippen LogP) is 2.46. The van der Waals surface area contributed by atoms with E-state index < -0.39 is 5.91 Å². The molecule has 3 rings (SSSR count). The van der Waals surface area contributed by atoms with E-state index in [1.54, 1.807) is 6.07 Å². The summed E-state index contributed by atoms with van der Waals surface area (Å²) in [6.07, 6.45) is 3.86. The minimum absolute atomic E-state index is 0.122. The molecule has 0 atom stereocenters. The van der Waals surface area contributed by atoms with Crippen LogP contribution in [0.25, 0.3) is 11.1 Å². The van der Waals surface area contributed by atoms with Gasteiger partial charge in [-0.25, -0.2) is 0 Å². The number of rotatable bonds is 6. The summed E-state index contributed by atoms with van der Waals surface area (Å²) in [5.41, 5.74) is 8.33. The lowest BCUT2D eigenvalue weighted by atomic mass is 10.1. The summed E-state index contributed by atoms with van der Waals surface area (Å²) in [5.74, 6) is 0.131. The molecule has 0 unspecified atom stereocenters. The van der Waals surface area contributed by atoms with Crippen molar-refractivity contribution in [3.05, 3.63) is 72.6 Å². The summed E-state index contributed by atoms with van der Waals surface area (Å²) in [6, 6.07) is 17.7. The SMILES string of the molecule is NC(=O)COc1cccc(Cn2cc(-c3ccccc3)cn2)c1. The maximum Gasteiger partial charge on any atom is 0.255 e. The number of aromatic nitrogens is 2. The van der Waals surface area contributed by atoms with Gasteiger partial charge in [-0.2, -0.15) is 5.10 Å². The first-order valence-electron chi connectivity index (χ1n) is 7.28. The Kier molecular flexibility index (Phi) is 4.38. The molecule has 23 heavy (non-hydrogen) atoms. The Hall–Kier alpha value is -3.08. The third-order valence-corrected chi connectivity index (χ3v) is 3.36. The summed E-state index contributed by atoms with van der Waals surface area (Å²) < 4.78 is 7.19. The highest BCUT2D eigenvalue weighted by atomic mass is 16.5. The molecule has 0 aliphatic carbocycles. The highest BCUT2D eigenvalue weighted by Gasteiger charge is 2.04. The summed E-state index contributed by atoms with van der Waals surface area (Å²) in [7, 11) is 0. The zero-order valence-electron chi connectivity index (χ0n) is 12.6. The fraction of sp³-hybridized carbons (Fsp3) is 0.111. The van der Waals surface area contributed by atoms with E-state index in [0.717, 1.165) is 16.7 Å². The van der Waals surface area contributed by atoms with Crippen molar-refractivity contribution >= 4 is 5.91 Å². The van der Waals surface area contributed by atoms with Crippen LogP contribution in [0, 0.1) is 0 Å². The third kappa shape index (κ3) is 3.97. The molecule has 0 spiro atoms. The van der Waals surface area contributed by atoms with Crippen molar-refractivity contribution in [2.45, 2.75) is 6.54 Å². The van der Waals surface area contributed by atoms with E-state index in [4.69, 9.17) is 10.5 Å². The van der Waals surface area contributed by atoms with E-state index in [2.05, 4.69) is 17.2 Å². The first kappa shape index (κ1) is 14.8. The van der Waals surface area contributed by atoms with Crippen LogP contribution in [0.4, 0.5) is 0 Å². The van der Waals surface area contributed by atoms with Gasteiger partial charge in [0.05, 0.1) is 12.7 Å². The largest absolute Gasteiger partial charge is 0.484 e. The van der Waals surface area contributed by atoms with Crippen LogP contribution in [0.5, 0.6) is 5.75 Å². The lowest BCUT2D eigenvalue weighted by Gasteiger charge is -2.06. The van der Waals surface area contributed by atoms with E-state index >= 15 is 0 Å². The van der Waals surface area contributed by atoms with E-state index in [-0.39, 0.29) is 6.61 Å². The van der Waals surface area contributed by atoms with Gasteiger partial charge in [0.2, 0.25) is 0 Å². The van der Waals surface area contributed by atoms with Gasteiger partial charge in [0.25, 0.3) is 5.91 Å². The van der Waals surface area contributed by atoms with Gasteiger partial charge in [0.1, 0.15) is 5.75 Å². The van der Waals surface area contributed by atoms with Crippen molar-refractivity contribution in [3.63, 3.8) is 0 Å². The Morgan fingerprint density at radius 2 is 1.91 bits per heavy atom. The molecule has 5 nitrogen and oxygen atoms in total. The van der Waals surface area contributed by atoms with Crippen molar-refractivity contribution in [3.8, 4) is 16.9 Å². The average Bonchev–Trinajstić information content (AvgIpc) is 3.03. The molecule has 0 saturated heterocycles. The highest BCUT2D eigenvalue weighted by molar-refractivity contribution is 5.75. The number of ether oxygens (including phenoxy) is 1. The lowest BCUT2D eigenvalue weighted by molar-refractivity contribution is -0.119. The number of hydrogen-bond acceptors (Lipinski definition) is 3. The Bertz CT molecular complexity index is 797. The van der Waals surface area contributed by atoms with Gasteiger partial charge >= 0.3 is 0 Å². The number of nitrogens with zero attached hydrogens (tertiary/aromatic N) is 2. The molecule has 0 fully saturated rings. The summed E-state index contributed by atoms with van der Waals surface area (Å²) in [5, 5.41) is 4.39. The Morgan fingerprint density at radius 3 is 2.70 bits per heavy atom. The van der Waals surface area contributed by atoms with Gasteiger partial charge in [-0.3, -0.25) is 9.48 Å². The third-order valence-electron chi connectivity index (χ3n) is 3.36. The smallest absolute Gasteiger partial charge is 0.255 e. The number of hydrogen-bond donors (Lipinski definition) is 1. The van der Waals surface area contributed by atoms with E-state index in [1.165, 1.54) is 0 Å². The predicted molar refractivity (Wildman–Crippen MR) is 87.9 cm³/mol. The second-order valence-corrected chi connectivity index (χ2v) is 5.20. The Labute approximate surface area is 134 Å². The average molecular weight is 307 g/mol. The van der Waals surface area contributed by atoms with Crippen LogP contribution in [0.2, 0.25) is 0 Å². The zero-order valence-corrected chi connectivity index (χ0v) is 12.6. The van der Waals surface area contributed by atoms with Crippen molar-refractivity contribution in [2.24, 2.45) is 5.73 Å². The normalized spacial score (nSPS) is 10.4. The van der Waals surface area contributed by atoms with Gasteiger partial charge < -0.3 is 10.5 Å². The minimum atomic E-state index is -0.491. The van der Waals surface area contributed by atoms with Gasteiger partial charge in [-0.15, -0.1) is 0 Å². The lowest BCUT2D eigenvalue weighted by Crippen LogP contribution is -2.20. The Morgan fingerprint density at radius 1 is 1.09 bits per heavy atom. The fourth-order valence-corrected chi connectivity index (χ4v) is 2.30. The number of amides is 1. The molecule has 0 bridgehead atoms. The van der Waals surface area contributed by atoms with Gasteiger partial charge in [0, 0.05) is 11.8 Å². The molecule has 0 radical (unpaired) electrons. The molecule has 0 aliphatic heterocycles. The van der Waals surface area contributed by atoms with Crippen molar-refractivity contribution in [1.29, 1.82) is 0 Å². The van der Waals surface area contributed by atoms with Gasteiger partial charge in [0.15, 0.2) is 6.61 Å². The molecule has 1 amide bonds. The van der Waals surface area contributed by atoms with Gasteiger partial charge in [-0.1, -0.05) is 42.5 Å². The molecule has 116 valence electrons. The zero-order chi connectivity index (χ0) is 16.1. The summed E-state index contributed by atoms with van der Waals surface area (Å²) in [4.78, 5) is 10.8. The van der Waals surface area contributed by atoms with Crippen LogP contribution in [0.15, 0.2) is 67.0 Å². The molecule has 5 heteroatoms. The molecule has 2 aromatic carbocycles. The number of benzene rings is 2. The number of nitrogens with two attached hydrogens (primary N) is 1.